The van der Waals surface area contributed by atoms with Gasteiger partial charge in [0.05, 0.1) is 16.9 Å². The minimum atomic E-state index is -5.08. The molecule has 0 heterocycles. The summed E-state index contributed by atoms with van der Waals surface area (Å²) in [6.07, 6.45) is -3.07. The van der Waals surface area contributed by atoms with E-state index in [-0.39, 0.29) is 11.5 Å². The molecule has 202 valence electrons. The highest BCUT2D eigenvalue weighted by Gasteiger charge is 2.38. The molecule has 3 rings (SSSR count). The lowest BCUT2D eigenvalue weighted by Gasteiger charge is -2.27. The number of carboxylic acid groups (broad SMARTS) is 2. The summed E-state index contributed by atoms with van der Waals surface area (Å²) < 4.78 is 31.7. The third-order valence-electron chi connectivity index (χ3n) is 5.39. The Kier molecular flexibility index (Phi) is 10.9. The van der Waals surface area contributed by atoms with Crippen molar-refractivity contribution >= 4 is 29.2 Å². The van der Waals surface area contributed by atoms with E-state index < -0.39 is 18.1 Å². The third kappa shape index (κ3) is 9.27. The number of carboxylic acids is 2. The minimum Gasteiger partial charge on any atom is -0.478 e. The van der Waals surface area contributed by atoms with Crippen molar-refractivity contribution in [3.8, 4) is 0 Å². The molecule has 38 heavy (non-hydrogen) atoms. The van der Waals surface area contributed by atoms with Crippen molar-refractivity contribution in [2.75, 3.05) is 16.8 Å². The zero-order valence-electron chi connectivity index (χ0n) is 21.0. The Morgan fingerprint density at radius 3 is 2.00 bits per heavy atom. The summed E-state index contributed by atoms with van der Waals surface area (Å²) in [5.41, 5.74) is 4.19. The lowest BCUT2D eigenvalue weighted by molar-refractivity contribution is -0.192. The van der Waals surface area contributed by atoms with E-state index in [1.54, 1.807) is 24.3 Å². The predicted molar refractivity (Wildman–Crippen MR) is 139 cm³/mol. The van der Waals surface area contributed by atoms with E-state index in [0.717, 1.165) is 36.2 Å². The first kappa shape index (κ1) is 29.9. The number of nitrogens with one attached hydrogen (secondary N) is 1. The number of rotatable bonds is 9. The molecule has 10 heteroatoms. The fraction of sp³-hybridized carbons (Fsp3) is 0.250. The Morgan fingerprint density at radius 2 is 1.47 bits per heavy atom. The maximum Gasteiger partial charge on any atom is 0.490 e. The molecular formula is C28H29F3N2O5. The van der Waals surface area contributed by atoms with Crippen LogP contribution in [0, 0.1) is 6.92 Å². The van der Waals surface area contributed by atoms with E-state index in [1.165, 1.54) is 6.07 Å². The van der Waals surface area contributed by atoms with Crippen molar-refractivity contribution in [2.24, 2.45) is 0 Å². The summed E-state index contributed by atoms with van der Waals surface area (Å²) in [6, 6.07) is 22.3. The van der Waals surface area contributed by atoms with Gasteiger partial charge in [-0.25, -0.2) is 9.59 Å². The molecule has 0 saturated carbocycles. The molecule has 3 aromatic rings. The molecule has 0 aliphatic rings. The SMILES string of the molecule is CCCCN(Cc1ccccc1)c1ccc(C(=O)O)cc1NC(=O)c1ccc(C)cc1.O=C(O)C(F)(F)F. The average Bonchev–Trinajstić information content (AvgIpc) is 2.87. The number of alkyl halides is 3. The number of amides is 1. The summed E-state index contributed by atoms with van der Waals surface area (Å²) in [7, 11) is 0. The fourth-order valence-corrected chi connectivity index (χ4v) is 3.38. The molecule has 0 radical (unpaired) electrons. The lowest BCUT2D eigenvalue weighted by atomic mass is 10.1. The van der Waals surface area contributed by atoms with Crippen molar-refractivity contribution < 1.29 is 37.8 Å². The number of halogens is 3. The molecule has 0 spiro atoms. The molecule has 0 bridgehead atoms. The summed E-state index contributed by atoms with van der Waals surface area (Å²) in [5.74, 6) is -4.05. The van der Waals surface area contributed by atoms with Crippen molar-refractivity contribution in [3.05, 3.63) is 95.1 Å². The second-order valence-electron chi connectivity index (χ2n) is 8.42. The van der Waals surface area contributed by atoms with Gasteiger partial charge in [-0.05, 0) is 49.2 Å². The Hall–Kier alpha value is -4.34. The van der Waals surface area contributed by atoms with E-state index in [1.807, 2.05) is 37.3 Å². The number of aryl methyl sites for hydroxylation is 1. The lowest BCUT2D eigenvalue weighted by Crippen LogP contribution is -2.26. The largest absolute Gasteiger partial charge is 0.490 e. The van der Waals surface area contributed by atoms with Gasteiger partial charge in [-0.2, -0.15) is 13.2 Å². The highest BCUT2D eigenvalue weighted by atomic mass is 19.4. The number of unbranched alkanes of at least 4 members (excludes halogenated alkanes) is 1. The number of carbonyl (C=O) groups excluding carboxylic acids is 1. The van der Waals surface area contributed by atoms with Crippen LogP contribution in [0.15, 0.2) is 72.8 Å². The third-order valence-corrected chi connectivity index (χ3v) is 5.39. The van der Waals surface area contributed by atoms with E-state index in [0.29, 0.717) is 17.8 Å². The van der Waals surface area contributed by atoms with Gasteiger partial charge < -0.3 is 20.4 Å². The molecule has 3 aromatic carbocycles. The second kappa shape index (κ2) is 13.8. The fourth-order valence-electron chi connectivity index (χ4n) is 3.38. The standard InChI is InChI=1S/C26H28N2O3.C2HF3O2/c1-3-4-16-28(18-20-8-6-5-7-9-20)24-15-14-22(26(30)31)17-23(24)27-25(29)21-12-10-19(2)11-13-21;3-2(4,5)1(6)7/h5-15,17H,3-4,16,18H2,1-2H3,(H,27,29)(H,30,31);(H,6,7). The van der Waals surface area contributed by atoms with Gasteiger partial charge in [-0.15, -0.1) is 0 Å². The number of hydrogen-bond acceptors (Lipinski definition) is 4. The van der Waals surface area contributed by atoms with Crippen LogP contribution in [0.4, 0.5) is 24.5 Å². The molecule has 0 atom stereocenters. The Balaban J connectivity index is 0.000000638. The normalized spacial score (nSPS) is 10.7. The van der Waals surface area contributed by atoms with E-state index >= 15 is 0 Å². The quantitative estimate of drug-likeness (QED) is 0.296. The number of aliphatic carboxylic acids is 1. The van der Waals surface area contributed by atoms with Crippen LogP contribution in [0.2, 0.25) is 0 Å². The summed E-state index contributed by atoms with van der Waals surface area (Å²) >= 11 is 0. The van der Waals surface area contributed by atoms with E-state index in [9.17, 15) is 27.9 Å². The van der Waals surface area contributed by atoms with Crippen molar-refractivity contribution in [1.82, 2.24) is 0 Å². The predicted octanol–water partition coefficient (Wildman–Crippen LogP) is 6.39. The smallest absolute Gasteiger partial charge is 0.478 e. The molecule has 0 fully saturated rings. The molecule has 0 unspecified atom stereocenters. The highest BCUT2D eigenvalue weighted by Crippen LogP contribution is 2.30. The maximum atomic E-state index is 12.9. The number of benzene rings is 3. The van der Waals surface area contributed by atoms with Crippen LogP contribution in [0.1, 0.15) is 51.6 Å². The van der Waals surface area contributed by atoms with Gasteiger partial charge in [-0.3, -0.25) is 4.79 Å². The number of aromatic carboxylic acids is 1. The number of anilines is 2. The maximum absolute atomic E-state index is 12.9. The van der Waals surface area contributed by atoms with Crippen LogP contribution < -0.4 is 10.2 Å². The van der Waals surface area contributed by atoms with Crippen LogP contribution >= 0.6 is 0 Å². The Bertz CT molecular complexity index is 1230. The van der Waals surface area contributed by atoms with Gasteiger partial charge in [0.1, 0.15) is 0 Å². The molecule has 0 aliphatic heterocycles. The Labute approximate surface area is 218 Å². The van der Waals surface area contributed by atoms with Crippen molar-refractivity contribution in [1.29, 1.82) is 0 Å². The Morgan fingerprint density at radius 1 is 0.895 bits per heavy atom. The monoisotopic (exact) mass is 530 g/mol. The highest BCUT2D eigenvalue weighted by molar-refractivity contribution is 6.06. The number of carbonyl (C=O) groups is 3. The molecule has 0 aromatic heterocycles. The molecular weight excluding hydrogens is 501 g/mol. The van der Waals surface area contributed by atoms with Gasteiger partial charge >= 0.3 is 18.1 Å². The molecule has 1 amide bonds. The number of nitrogens with zero attached hydrogens (tertiary/aromatic N) is 1. The first-order chi connectivity index (χ1) is 17.9. The molecule has 7 nitrogen and oxygen atoms in total. The molecule has 3 N–H and O–H groups in total. The first-order valence-electron chi connectivity index (χ1n) is 11.8. The number of hydrogen-bond donors (Lipinski definition) is 3. The van der Waals surface area contributed by atoms with Crippen LogP contribution in [0.25, 0.3) is 0 Å². The minimum absolute atomic E-state index is 0.137. The second-order valence-corrected chi connectivity index (χ2v) is 8.42. The van der Waals surface area contributed by atoms with Gasteiger partial charge in [-0.1, -0.05) is 61.4 Å². The van der Waals surface area contributed by atoms with Crippen LogP contribution in [-0.2, 0) is 11.3 Å². The average molecular weight is 531 g/mol. The summed E-state index contributed by atoms with van der Waals surface area (Å²) in [6.45, 7) is 5.56. The molecule has 0 aliphatic carbocycles. The van der Waals surface area contributed by atoms with Gasteiger partial charge in [0.25, 0.3) is 5.91 Å². The van der Waals surface area contributed by atoms with Gasteiger partial charge in [0.15, 0.2) is 0 Å². The zero-order chi connectivity index (χ0) is 28.3. The van der Waals surface area contributed by atoms with Gasteiger partial charge in [0.2, 0.25) is 0 Å². The summed E-state index contributed by atoms with van der Waals surface area (Å²) in [5, 5.41) is 19.5. The topological polar surface area (TPSA) is 107 Å². The molecule has 0 saturated heterocycles. The summed E-state index contributed by atoms with van der Waals surface area (Å²) in [4.78, 5) is 35.5. The van der Waals surface area contributed by atoms with Gasteiger partial charge in [0, 0.05) is 18.7 Å². The van der Waals surface area contributed by atoms with E-state index in [4.69, 9.17) is 9.90 Å². The van der Waals surface area contributed by atoms with Crippen LogP contribution in [0.3, 0.4) is 0 Å². The zero-order valence-corrected chi connectivity index (χ0v) is 21.0. The van der Waals surface area contributed by atoms with Crippen molar-refractivity contribution in [3.63, 3.8) is 0 Å². The first-order valence-corrected chi connectivity index (χ1v) is 11.8. The van der Waals surface area contributed by atoms with Crippen LogP contribution in [-0.4, -0.2) is 40.8 Å². The van der Waals surface area contributed by atoms with E-state index in [2.05, 4.69) is 29.3 Å². The van der Waals surface area contributed by atoms with Crippen molar-refractivity contribution in [2.45, 2.75) is 39.4 Å². The van der Waals surface area contributed by atoms with Crippen LogP contribution in [0.5, 0.6) is 0 Å².